The Bertz CT molecular complexity index is 745. The average Bonchev–Trinajstić information content (AvgIpc) is 2.87. The van der Waals surface area contributed by atoms with Gasteiger partial charge in [-0.05, 0) is 22.9 Å². The number of ether oxygens (including phenoxy) is 1. The second-order valence-corrected chi connectivity index (χ2v) is 5.75. The van der Waals surface area contributed by atoms with Gasteiger partial charge < -0.3 is 20.7 Å². The second kappa shape index (κ2) is 4.57. The Labute approximate surface area is 127 Å². The first-order chi connectivity index (χ1) is 9.87. The van der Waals surface area contributed by atoms with Crippen molar-refractivity contribution < 1.29 is 19.3 Å². The molecule has 2 aromatic rings. The van der Waals surface area contributed by atoms with Crippen LogP contribution in [0.25, 0.3) is 11.0 Å². The number of halogens is 2. The second-order valence-electron chi connectivity index (χ2n) is 4.90. The van der Waals surface area contributed by atoms with Gasteiger partial charge in [0.15, 0.2) is 17.5 Å². The standard InChI is InChI=1S/C12H12BrFN4O3/c1-12(14)8(20)6(3-19)21-11(12)18-2-5(13)7-9(15)16-4-17-10(7)18/h2-4,8,11,19-20H,1H3,(H2,15,16,17)/b6-3+/t8-,11+,12-/m1/s1. The highest BCUT2D eigenvalue weighted by atomic mass is 79.9. The molecular weight excluding hydrogens is 347 g/mol. The van der Waals surface area contributed by atoms with E-state index < -0.39 is 18.0 Å². The Kier molecular flexibility index (Phi) is 3.06. The van der Waals surface area contributed by atoms with Crippen LogP contribution in [0.4, 0.5) is 10.2 Å². The number of hydrogen-bond donors (Lipinski definition) is 3. The van der Waals surface area contributed by atoms with Gasteiger partial charge >= 0.3 is 0 Å². The summed E-state index contributed by atoms with van der Waals surface area (Å²) in [6.45, 7) is 1.18. The molecule has 0 radical (unpaired) electrons. The van der Waals surface area contributed by atoms with E-state index in [1.165, 1.54) is 17.8 Å². The topological polar surface area (TPSA) is 106 Å². The third-order valence-corrected chi connectivity index (χ3v) is 4.11. The summed E-state index contributed by atoms with van der Waals surface area (Å²) < 4.78 is 22.1. The van der Waals surface area contributed by atoms with E-state index in [1.807, 2.05) is 0 Å². The predicted molar refractivity (Wildman–Crippen MR) is 76.0 cm³/mol. The first-order valence-corrected chi connectivity index (χ1v) is 6.81. The maximum atomic E-state index is 14.8. The van der Waals surface area contributed by atoms with Crippen molar-refractivity contribution in [1.82, 2.24) is 14.5 Å². The lowest BCUT2D eigenvalue weighted by Gasteiger charge is -2.23. The summed E-state index contributed by atoms with van der Waals surface area (Å²) in [5.41, 5.74) is 3.99. The number of nitrogens with two attached hydrogens (primary N) is 1. The van der Waals surface area contributed by atoms with Crippen molar-refractivity contribution in [3.05, 3.63) is 29.0 Å². The van der Waals surface area contributed by atoms with Crippen LogP contribution in [0, 0.1) is 0 Å². The molecular formula is C12H12BrFN4O3. The smallest absolute Gasteiger partial charge is 0.214 e. The van der Waals surface area contributed by atoms with Crippen molar-refractivity contribution >= 4 is 32.8 Å². The zero-order chi connectivity index (χ0) is 15.4. The summed E-state index contributed by atoms with van der Waals surface area (Å²) in [4.78, 5) is 7.96. The largest absolute Gasteiger partial charge is 0.512 e. The third-order valence-electron chi connectivity index (χ3n) is 3.51. The highest BCUT2D eigenvalue weighted by Crippen LogP contribution is 2.45. The Morgan fingerprint density at radius 3 is 2.90 bits per heavy atom. The van der Waals surface area contributed by atoms with E-state index in [1.54, 1.807) is 6.20 Å². The van der Waals surface area contributed by atoms with Gasteiger partial charge in [-0.2, -0.15) is 0 Å². The third kappa shape index (κ3) is 1.88. The van der Waals surface area contributed by atoms with E-state index in [4.69, 9.17) is 15.6 Å². The van der Waals surface area contributed by atoms with Crippen molar-refractivity contribution in [2.24, 2.45) is 0 Å². The molecule has 0 saturated carbocycles. The van der Waals surface area contributed by atoms with Gasteiger partial charge in [-0.15, -0.1) is 0 Å². The van der Waals surface area contributed by atoms with Crippen LogP contribution in [-0.2, 0) is 4.74 Å². The lowest BCUT2D eigenvalue weighted by atomic mass is 10.0. The Morgan fingerprint density at radius 2 is 2.29 bits per heavy atom. The number of anilines is 1. The quantitative estimate of drug-likeness (QED) is 0.671. The molecule has 0 bridgehead atoms. The fraction of sp³-hybridized carbons (Fsp3) is 0.333. The van der Waals surface area contributed by atoms with Gasteiger partial charge in [0.2, 0.25) is 6.23 Å². The van der Waals surface area contributed by atoms with E-state index in [-0.39, 0.29) is 11.6 Å². The lowest BCUT2D eigenvalue weighted by Crippen LogP contribution is -2.36. The number of aliphatic hydroxyl groups is 2. The summed E-state index contributed by atoms with van der Waals surface area (Å²) in [5.74, 6) is -0.00680. The number of hydrogen-bond acceptors (Lipinski definition) is 6. The van der Waals surface area contributed by atoms with E-state index in [9.17, 15) is 9.50 Å². The van der Waals surface area contributed by atoms with E-state index >= 15 is 0 Å². The van der Waals surface area contributed by atoms with Crippen molar-refractivity contribution in [2.45, 2.75) is 24.9 Å². The summed E-state index contributed by atoms with van der Waals surface area (Å²) >= 11 is 3.32. The summed E-state index contributed by atoms with van der Waals surface area (Å²) in [7, 11) is 0. The van der Waals surface area contributed by atoms with E-state index in [0.29, 0.717) is 21.8 Å². The van der Waals surface area contributed by atoms with Crippen LogP contribution in [0.15, 0.2) is 29.0 Å². The molecule has 1 fully saturated rings. The highest BCUT2D eigenvalue weighted by Gasteiger charge is 2.54. The number of rotatable bonds is 1. The minimum absolute atomic E-state index is 0.239. The molecule has 2 aromatic heterocycles. The van der Waals surface area contributed by atoms with Crippen molar-refractivity contribution in [3.8, 4) is 0 Å². The molecule has 112 valence electrons. The summed E-state index contributed by atoms with van der Waals surface area (Å²) in [6, 6.07) is 0. The number of fused-ring (bicyclic) bond motifs is 1. The molecule has 3 heterocycles. The molecule has 1 aliphatic heterocycles. The van der Waals surface area contributed by atoms with Crippen LogP contribution in [0.5, 0.6) is 0 Å². The molecule has 0 spiro atoms. The number of alkyl halides is 1. The molecule has 3 rings (SSSR count). The molecule has 1 saturated heterocycles. The molecule has 21 heavy (non-hydrogen) atoms. The molecule has 4 N–H and O–H groups in total. The van der Waals surface area contributed by atoms with E-state index in [0.717, 1.165) is 0 Å². The van der Waals surface area contributed by atoms with Gasteiger partial charge in [0.25, 0.3) is 0 Å². The minimum Gasteiger partial charge on any atom is -0.512 e. The number of aromatic nitrogens is 3. The molecule has 9 heteroatoms. The van der Waals surface area contributed by atoms with Crippen molar-refractivity contribution in [2.75, 3.05) is 5.73 Å². The normalized spacial score (nSPS) is 31.0. The maximum Gasteiger partial charge on any atom is 0.214 e. The van der Waals surface area contributed by atoms with Crippen LogP contribution in [-0.4, -0.2) is 36.5 Å². The van der Waals surface area contributed by atoms with Gasteiger partial charge in [0.1, 0.15) is 24.1 Å². The maximum absolute atomic E-state index is 14.8. The first kappa shape index (κ1) is 14.1. The fourth-order valence-corrected chi connectivity index (χ4v) is 2.99. The lowest BCUT2D eigenvalue weighted by molar-refractivity contribution is -0.0308. The Balaban J connectivity index is 2.20. The van der Waals surface area contributed by atoms with Gasteiger partial charge in [0.05, 0.1) is 5.39 Å². The van der Waals surface area contributed by atoms with Gasteiger partial charge in [-0.1, -0.05) is 0 Å². The monoisotopic (exact) mass is 358 g/mol. The van der Waals surface area contributed by atoms with Crippen LogP contribution in [0.2, 0.25) is 0 Å². The molecule has 7 nitrogen and oxygen atoms in total. The highest BCUT2D eigenvalue weighted by molar-refractivity contribution is 9.10. The molecule has 0 aromatic carbocycles. The molecule has 0 amide bonds. The zero-order valence-electron chi connectivity index (χ0n) is 10.9. The van der Waals surface area contributed by atoms with Crippen LogP contribution >= 0.6 is 15.9 Å². The Hall–Kier alpha value is -1.87. The number of aliphatic hydroxyl groups excluding tert-OH is 2. The number of nitrogen functional groups attached to an aromatic ring is 1. The van der Waals surface area contributed by atoms with Gasteiger partial charge in [0, 0.05) is 10.7 Å². The van der Waals surface area contributed by atoms with Crippen LogP contribution < -0.4 is 5.73 Å². The zero-order valence-corrected chi connectivity index (χ0v) is 12.5. The molecule has 1 aliphatic rings. The van der Waals surface area contributed by atoms with E-state index in [2.05, 4.69) is 25.9 Å². The molecule has 3 atom stereocenters. The van der Waals surface area contributed by atoms with Crippen molar-refractivity contribution in [3.63, 3.8) is 0 Å². The first-order valence-electron chi connectivity index (χ1n) is 6.02. The predicted octanol–water partition coefficient (Wildman–Crippen LogP) is 1.79. The SMILES string of the molecule is C[C@@]1(F)[C@H](O)/C(=C\O)O[C@@H]1n1cc(Br)c2c(N)ncnc21. The van der Waals surface area contributed by atoms with Crippen LogP contribution in [0.3, 0.4) is 0 Å². The number of nitrogens with zero attached hydrogens (tertiary/aromatic N) is 3. The van der Waals surface area contributed by atoms with Crippen LogP contribution in [0.1, 0.15) is 13.2 Å². The average molecular weight is 359 g/mol. The summed E-state index contributed by atoms with van der Waals surface area (Å²) in [6.07, 6.45) is 0.569. The molecule has 0 unspecified atom stereocenters. The molecule has 0 aliphatic carbocycles. The Morgan fingerprint density at radius 1 is 1.57 bits per heavy atom. The van der Waals surface area contributed by atoms with Crippen molar-refractivity contribution in [1.29, 1.82) is 0 Å². The summed E-state index contributed by atoms with van der Waals surface area (Å²) in [5, 5.41) is 19.4. The minimum atomic E-state index is -2.15. The van der Waals surface area contributed by atoms with Gasteiger partial charge in [-0.25, -0.2) is 14.4 Å². The fourth-order valence-electron chi connectivity index (χ4n) is 2.39. The van der Waals surface area contributed by atoms with Gasteiger partial charge in [-0.3, -0.25) is 4.57 Å².